The van der Waals surface area contributed by atoms with Crippen LogP contribution in [0.2, 0.25) is 5.02 Å². The zero-order valence-electron chi connectivity index (χ0n) is 18.2. The minimum Gasteiger partial charge on any atom is -0.497 e. The minimum atomic E-state index is -4.70. The summed E-state index contributed by atoms with van der Waals surface area (Å²) in [5, 5.41) is 11.3. The average molecular weight is 493 g/mol. The number of methoxy groups -OCH3 is 1. The molecule has 0 aliphatic carbocycles. The van der Waals surface area contributed by atoms with Gasteiger partial charge in [-0.25, -0.2) is 9.50 Å². The van der Waals surface area contributed by atoms with E-state index in [9.17, 15) is 18.0 Å². The van der Waals surface area contributed by atoms with Gasteiger partial charge in [-0.1, -0.05) is 11.6 Å². The Balaban J connectivity index is 1.58. The summed E-state index contributed by atoms with van der Waals surface area (Å²) >= 11 is 5.98. The fraction of sp³-hybridized carbons (Fsp3) is 0.273. The van der Waals surface area contributed by atoms with Gasteiger partial charge in [0.2, 0.25) is 0 Å². The molecule has 0 saturated heterocycles. The predicted octanol–water partition coefficient (Wildman–Crippen LogP) is 4.40. The van der Waals surface area contributed by atoms with Crippen molar-refractivity contribution in [2.45, 2.75) is 26.1 Å². The van der Waals surface area contributed by atoms with Crippen molar-refractivity contribution in [3.05, 3.63) is 64.7 Å². The third kappa shape index (κ3) is 4.84. The van der Waals surface area contributed by atoms with Gasteiger partial charge < -0.3 is 10.1 Å². The highest BCUT2D eigenvalue weighted by Crippen LogP contribution is 2.33. The number of amides is 1. The highest BCUT2D eigenvalue weighted by Gasteiger charge is 2.36. The molecule has 0 unspecified atom stereocenters. The first kappa shape index (κ1) is 23.6. The van der Waals surface area contributed by atoms with Crippen LogP contribution in [0.15, 0.2) is 42.7 Å². The van der Waals surface area contributed by atoms with Crippen LogP contribution in [0.1, 0.15) is 28.2 Å². The molecule has 1 amide bonds. The molecule has 0 atom stereocenters. The minimum absolute atomic E-state index is 0.0566. The van der Waals surface area contributed by atoms with Gasteiger partial charge in [-0.3, -0.25) is 9.48 Å². The van der Waals surface area contributed by atoms with Crippen molar-refractivity contribution in [2.24, 2.45) is 0 Å². The molecule has 4 aromatic rings. The van der Waals surface area contributed by atoms with Crippen molar-refractivity contribution < 1.29 is 22.7 Å². The number of benzene rings is 1. The Hall–Kier alpha value is -3.60. The summed E-state index contributed by atoms with van der Waals surface area (Å²) in [6.45, 7) is 2.58. The number of aryl methyl sites for hydroxylation is 2. The second kappa shape index (κ2) is 9.34. The van der Waals surface area contributed by atoms with Crippen LogP contribution < -0.4 is 10.1 Å². The second-order valence-electron chi connectivity index (χ2n) is 7.48. The number of alkyl halides is 3. The van der Waals surface area contributed by atoms with Crippen LogP contribution in [0.4, 0.5) is 13.2 Å². The molecule has 0 saturated carbocycles. The van der Waals surface area contributed by atoms with Gasteiger partial charge in [0.15, 0.2) is 11.3 Å². The summed E-state index contributed by atoms with van der Waals surface area (Å²) in [6.07, 6.45) is -1.39. The van der Waals surface area contributed by atoms with E-state index in [1.54, 1.807) is 42.1 Å². The third-order valence-corrected chi connectivity index (χ3v) is 5.50. The Kier molecular flexibility index (Phi) is 6.47. The number of hydrogen-bond donors (Lipinski definition) is 1. The Bertz CT molecular complexity index is 1310. The zero-order valence-corrected chi connectivity index (χ0v) is 19.0. The molecule has 0 radical (unpaired) electrons. The van der Waals surface area contributed by atoms with Gasteiger partial charge >= 0.3 is 6.18 Å². The van der Waals surface area contributed by atoms with Crippen molar-refractivity contribution in [1.29, 1.82) is 0 Å². The highest BCUT2D eigenvalue weighted by molar-refractivity contribution is 6.31. The van der Waals surface area contributed by atoms with E-state index < -0.39 is 17.8 Å². The third-order valence-electron chi connectivity index (χ3n) is 5.13. The maximum absolute atomic E-state index is 13.8. The lowest BCUT2D eigenvalue weighted by atomic mass is 10.1. The summed E-state index contributed by atoms with van der Waals surface area (Å²) in [4.78, 5) is 17.1. The van der Waals surface area contributed by atoms with Crippen LogP contribution in [-0.2, 0) is 12.7 Å². The number of hydrogen-bond acceptors (Lipinski definition) is 5. The maximum atomic E-state index is 13.8. The number of halogens is 4. The summed E-state index contributed by atoms with van der Waals surface area (Å²) < 4.78 is 48.7. The molecule has 34 heavy (non-hydrogen) atoms. The van der Waals surface area contributed by atoms with Crippen molar-refractivity contribution in [3.63, 3.8) is 0 Å². The van der Waals surface area contributed by atoms with E-state index in [1.807, 2.05) is 0 Å². The van der Waals surface area contributed by atoms with Gasteiger partial charge in [0, 0.05) is 24.8 Å². The van der Waals surface area contributed by atoms with E-state index in [0.29, 0.717) is 39.5 Å². The topological polar surface area (TPSA) is 86.3 Å². The number of carbonyl (C=O) groups excluding carboxylic acids is 1. The van der Waals surface area contributed by atoms with Gasteiger partial charge in [-0.2, -0.15) is 23.4 Å². The van der Waals surface area contributed by atoms with E-state index in [4.69, 9.17) is 16.3 Å². The standard InChI is InChI=1S/C22H20ClF3N6O2/c1-13-17(23)12-31(30-13)9-3-8-27-21(33)16-11-28-32-19(22(24,25)26)10-18(29-20(16)32)14-4-6-15(34-2)7-5-14/h4-7,10-12H,3,8-9H2,1-2H3,(H,27,33). The predicted molar refractivity (Wildman–Crippen MR) is 119 cm³/mol. The number of nitrogens with one attached hydrogen (secondary N) is 1. The second-order valence-corrected chi connectivity index (χ2v) is 7.89. The van der Waals surface area contributed by atoms with Crippen LogP contribution >= 0.6 is 11.6 Å². The Morgan fingerprint density at radius 2 is 1.97 bits per heavy atom. The van der Waals surface area contributed by atoms with Crippen molar-refractivity contribution >= 4 is 23.2 Å². The first-order valence-electron chi connectivity index (χ1n) is 10.3. The van der Waals surface area contributed by atoms with Gasteiger partial charge in [-0.15, -0.1) is 0 Å². The molecule has 3 aromatic heterocycles. The quantitative estimate of drug-likeness (QED) is 0.386. The van der Waals surface area contributed by atoms with Crippen molar-refractivity contribution in [2.75, 3.05) is 13.7 Å². The molecule has 12 heteroatoms. The monoisotopic (exact) mass is 492 g/mol. The molecule has 0 aliphatic rings. The van der Waals surface area contributed by atoms with Crippen LogP contribution in [0.25, 0.3) is 16.9 Å². The Morgan fingerprint density at radius 3 is 2.59 bits per heavy atom. The van der Waals surface area contributed by atoms with Crippen LogP contribution in [0.3, 0.4) is 0 Å². The van der Waals surface area contributed by atoms with Gasteiger partial charge in [0.1, 0.15) is 11.3 Å². The maximum Gasteiger partial charge on any atom is 0.433 e. The molecule has 0 aliphatic heterocycles. The zero-order chi connectivity index (χ0) is 24.5. The highest BCUT2D eigenvalue weighted by atomic mass is 35.5. The molecule has 1 N–H and O–H groups in total. The van der Waals surface area contributed by atoms with Crippen molar-refractivity contribution in [1.82, 2.24) is 29.7 Å². The SMILES string of the molecule is COc1ccc(-c2cc(C(F)(F)F)n3ncc(C(=O)NCCCn4cc(Cl)c(C)n4)c3n2)cc1. The normalized spacial score (nSPS) is 11.7. The summed E-state index contributed by atoms with van der Waals surface area (Å²) in [7, 11) is 1.49. The van der Waals surface area contributed by atoms with Crippen LogP contribution in [0, 0.1) is 6.92 Å². The smallest absolute Gasteiger partial charge is 0.433 e. The lowest BCUT2D eigenvalue weighted by Crippen LogP contribution is -2.25. The number of aromatic nitrogens is 5. The molecule has 178 valence electrons. The largest absolute Gasteiger partial charge is 0.497 e. The van der Waals surface area contributed by atoms with Gasteiger partial charge in [0.05, 0.1) is 29.7 Å². The number of fused-ring (bicyclic) bond motifs is 1. The van der Waals surface area contributed by atoms with Crippen molar-refractivity contribution in [3.8, 4) is 17.0 Å². The molecule has 0 fully saturated rings. The van der Waals surface area contributed by atoms with E-state index in [0.717, 1.165) is 12.3 Å². The molecule has 0 bridgehead atoms. The van der Waals surface area contributed by atoms with E-state index in [1.165, 1.54) is 7.11 Å². The van der Waals surface area contributed by atoms with Gasteiger partial charge in [-0.05, 0) is 43.7 Å². The number of nitrogens with zero attached hydrogens (tertiary/aromatic N) is 5. The summed E-state index contributed by atoms with van der Waals surface area (Å²) in [6, 6.07) is 7.33. The Morgan fingerprint density at radius 1 is 1.24 bits per heavy atom. The Labute approximate surface area is 197 Å². The average Bonchev–Trinajstić information content (AvgIpc) is 3.38. The number of carbonyl (C=O) groups is 1. The van der Waals surface area contributed by atoms with Crippen LogP contribution in [0.5, 0.6) is 5.75 Å². The lowest BCUT2D eigenvalue weighted by Gasteiger charge is -2.12. The first-order valence-corrected chi connectivity index (χ1v) is 10.6. The van der Waals surface area contributed by atoms with E-state index >= 15 is 0 Å². The molecule has 0 spiro atoms. The van der Waals surface area contributed by atoms with Gasteiger partial charge in [0.25, 0.3) is 5.91 Å². The van der Waals surface area contributed by atoms with E-state index in [2.05, 4.69) is 20.5 Å². The number of rotatable bonds is 7. The first-order chi connectivity index (χ1) is 16.2. The van der Waals surface area contributed by atoms with Crippen LogP contribution in [-0.4, -0.2) is 43.9 Å². The fourth-order valence-corrected chi connectivity index (χ4v) is 3.53. The van der Waals surface area contributed by atoms with E-state index in [-0.39, 0.29) is 23.4 Å². The number of ether oxygens (including phenoxy) is 1. The molecular weight excluding hydrogens is 473 g/mol. The molecule has 3 heterocycles. The fourth-order valence-electron chi connectivity index (χ4n) is 3.38. The molecule has 4 rings (SSSR count). The molecular formula is C22H20ClF3N6O2. The summed E-state index contributed by atoms with van der Waals surface area (Å²) in [5.74, 6) is -0.0185. The molecule has 8 nitrogen and oxygen atoms in total. The molecule has 1 aromatic carbocycles. The summed E-state index contributed by atoms with van der Waals surface area (Å²) in [5.41, 5.74) is -0.0754. The lowest BCUT2D eigenvalue weighted by molar-refractivity contribution is -0.142.